The van der Waals surface area contributed by atoms with Gasteiger partial charge in [-0.3, -0.25) is 24.0 Å². The van der Waals surface area contributed by atoms with Gasteiger partial charge in [0, 0.05) is 35.3 Å². The van der Waals surface area contributed by atoms with Crippen LogP contribution in [0.25, 0.3) is 10.8 Å². The van der Waals surface area contributed by atoms with Crippen molar-refractivity contribution in [3.8, 4) is 0 Å². The average molecular weight is 632 g/mol. The summed E-state index contributed by atoms with van der Waals surface area (Å²) in [7, 11) is 0. The number of hydrogen-bond donors (Lipinski definition) is 1. The number of halogens is 1. The molecule has 0 aromatic heterocycles. The van der Waals surface area contributed by atoms with Gasteiger partial charge in [-0.1, -0.05) is 54.6 Å². The van der Waals surface area contributed by atoms with Crippen LogP contribution < -0.4 is 0 Å². The van der Waals surface area contributed by atoms with Gasteiger partial charge in [-0.05, 0) is 51.1 Å². The minimum absolute atomic E-state index is 0.316. The fourth-order valence-electron chi connectivity index (χ4n) is 4.05. The summed E-state index contributed by atoms with van der Waals surface area (Å²) in [5.41, 5.74) is -1.87. The largest absolute Gasteiger partial charge is 0.480 e. The molecule has 2 atom stereocenters. The molecule has 3 aromatic carbocycles. The van der Waals surface area contributed by atoms with Crippen LogP contribution in [0.15, 0.2) is 66.7 Å². The first kappa shape index (κ1) is 28.8. The Hall–Kier alpha value is -3.80. The summed E-state index contributed by atoms with van der Waals surface area (Å²) in [5.74, 6) is -6.31. The van der Waals surface area contributed by atoms with Crippen molar-refractivity contribution >= 4 is 63.0 Å². The Morgan fingerprint density at radius 2 is 1.47 bits per heavy atom. The molecule has 0 aliphatic rings. The molecule has 3 rings (SSSR count). The molecule has 0 radical (unpaired) electrons. The molecule has 0 bridgehead atoms. The quantitative estimate of drug-likeness (QED) is 0.107. The fourth-order valence-corrected chi connectivity index (χ4v) is 4.41. The van der Waals surface area contributed by atoms with Crippen molar-refractivity contribution in [2.24, 2.45) is 5.41 Å². The molecule has 0 aliphatic carbocycles. The van der Waals surface area contributed by atoms with Gasteiger partial charge in [0.05, 0.1) is 0 Å². The molecule has 0 heterocycles. The van der Waals surface area contributed by atoms with Crippen molar-refractivity contribution in [3.63, 3.8) is 0 Å². The minimum atomic E-state index is -2.53. The molecule has 0 aliphatic heterocycles. The predicted octanol–water partition coefficient (Wildman–Crippen LogP) is 4.50. The molecule has 3 aromatic rings. The second-order valence-electron chi connectivity index (χ2n) is 8.54. The molecule has 0 fully saturated rings. The van der Waals surface area contributed by atoms with Crippen molar-refractivity contribution in [1.29, 1.82) is 0 Å². The molecule has 0 saturated heterocycles. The zero-order valence-electron chi connectivity index (χ0n) is 20.6. The Bertz CT molecular complexity index is 1370. The van der Waals surface area contributed by atoms with Gasteiger partial charge in [0.25, 0.3) is 0 Å². The fraction of sp³-hybridized carbons (Fsp3) is 0.250. The van der Waals surface area contributed by atoms with Crippen LogP contribution in [0.5, 0.6) is 0 Å². The summed E-state index contributed by atoms with van der Waals surface area (Å²) in [6, 6.07) is 19.0. The van der Waals surface area contributed by atoms with E-state index in [1.807, 2.05) is 18.2 Å². The first-order chi connectivity index (χ1) is 18.0. The number of rotatable bonds is 11. The molecular weight excluding hydrogens is 607 g/mol. The molecule has 9 nitrogen and oxygen atoms in total. The maximum Gasteiger partial charge on any atom is 0.330 e. The van der Waals surface area contributed by atoms with Crippen molar-refractivity contribution in [2.75, 3.05) is 13.4 Å². The zero-order chi connectivity index (χ0) is 27.9. The van der Waals surface area contributed by atoms with Crippen molar-refractivity contribution in [2.45, 2.75) is 26.2 Å². The number of carboxylic acids is 1. The van der Waals surface area contributed by atoms with Crippen molar-refractivity contribution in [1.82, 2.24) is 0 Å². The molecule has 0 spiro atoms. The van der Waals surface area contributed by atoms with Crippen LogP contribution >= 0.6 is 22.6 Å². The van der Waals surface area contributed by atoms with Crippen molar-refractivity contribution in [3.05, 3.63) is 81.4 Å². The van der Waals surface area contributed by atoms with E-state index in [0.717, 1.165) is 28.2 Å². The third-order valence-electron chi connectivity index (χ3n) is 6.03. The Morgan fingerprint density at radius 1 is 0.842 bits per heavy atom. The van der Waals surface area contributed by atoms with Crippen molar-refractivity contribution < 1.29 is 43.3 Å². The highest BCUT2D eigenvalue weighted by molar-refractivity contribution is 14.1. The SMILES string of the molecule is CC(=O)OCOC(=O)C(COC(C)=O)(C(=O)O)C(CC(=O)c1ccc(I)cc1)c1ccc2ccccc2c1. The number of fused-ring (bicyclic) bond motifs is 1. The van der Waals surface area contributed by atoms with E-state index in [1.54, 1.807) is 48.5 Å². The number of carbonyl (C=O) groups excluding carboxylic acids is 4. The summed E-state index contributed by atoms with van der Waals surface area (Å²) in [4.78, 5) is 62.7. The predicted molar refractivity (Wildman–Crippen MR) is 144 cm³/mol. The van der Waals surface area contributed by atoms with Crippen LogP contribution in [0.3, 0.4) is 0 Å². The van der Waals surface area contributed by atoms with Gasteiger partial charge in [0.2, 0.25) is 12.2 Å². The Kier molecular flexibility index (Phi) is 9.56. The first-order valence-electron chi connectivity index (χ1n) is 11.5. The number of benzene rings is 3. The smallest absolute Gasteiger partial charge is 0.330 e. The van der Waals surface area contributed by atoms with Crippen LogP contribution in [0.1, 0.15) is 42.1 Å². The topological polar surface area (TPSA) is 133 Å². The van der Waals surface area contributed by atoms with Crippen LogP contribution in [-0.2, 0) is 33.4 Å². The van der Waals surface area contributed by atoms with E-state index in [2.05, 4.69) is 27.3 Å². The van der Waals surface area contributed by atoms with Gasteiger partial charge in [-0.15, -0.1) is 0 Å². The maximum absolute atomic E-state index is 13.4. The van der Waals surface area contributed by atoms with E-state index in [4.69, 9.17) is 9.47 Å². The number of esters is 3. The molecular formula is C28H25IO9. The lowest BCUT2D eigenvalue weighted by molar-refractivity contribution is -0.186. The highest BCUT2D eigenvalue weighted by Crippen LogP contribution is 2.43. The van der Waals surface area contributed by atoms with E-state index >= 15 is 0 Å². The third-order valence-corrected chi connectivity index (χ3v) is 6.75. The van der Waals surface area contributed by atoms with Crippen LogP contribution in [0, 0.1) is 8.99 Å². The maximum atomic E-state index is 13.4. The summed E-state index contributed by atoms with van der Waals surface area (Å²) in [5, 5.41) is 12.1. The lowest BCUT2D eigenvalue weighted by Crippen LogP contribution is -2.50. The van der Waals surface area contributed by atoms with Gasteiger partial charge in [0.1, 0.15) is 6.61 Å². The highest BCUT2D eigenvalue weighted by Gasteiger charge is 2.56. The monoisotopic (exact) mass is 632 g/mol. The molecule has 198 valence electrons. The molecule has 38 heavy (non-hydrogen) atoms. The summed E-state index contributed by atoms with van der Waals surface area (Å²) < 4.78 is 15.7. The number of ketones is 1. The minimum Gasteiger partial charge on any atom is -0.480 e. The van der Waals surface area contributed by atoms with Gasteiger partial charge in [-0.25, -0.2) is 0 Å². The lowest BCUT2D eigenvalue weighted by Gasteiger charge is -2.34. The summed E-state index contributed by atoms with van der Waals surface area (Å²) >= 11 is 2.09. The van der Waals surface area contributed by atoms with Gasteiger partial charge < -0.3 is 19.3 Å². The number of carbonyl (C=O) groups is 5. The molecule has 2 unspecified atom stereocenters. The molecule has 1 N–H and O–H groups in total. The molecule has 10 heteroatoms. The number of Topliss-reactive ketones (excluding diaryl/α,β-unsaturated/α-hetero) is 1. The summed E-state index contributed by atoms with van der Waals surface area (Å²) in [6.45, 7) is 0.403. The van der Waals surface area contributed by atoms with E-state index < -0.39 is 60.8 Å². The average Bonchev–Trinajstić information content (AvgIpc) is 2.87. The normalized spacial score (nSPS) is 13.1. The Morgan fingerprint density at radius 3 is 2.08 bits per heavy atom. The molecule has 0 saturated carbocycles. The second kappa shape index (κ2) is 12.6. The first-order valence-corrected chi connectivity index (χ1v) is 12.6. The van der Waals surface area contributed by atoms with E-state index in [-0.39, 0.29) is 0 Å². The second-order valence-corrected chi connectivity index (χ2v) is 9.78. The number of carboxylic acid groups (broad SMARTS) is 1. The standard InChI is InChI=1S/C28H25IO9/c1-17(30)36-15-28(26(33)34,27(35)38-16-37-18(2)31)24(14-25(32)20-9-11-23(29)12-10-20)22-8-7-19-5-3-4-6-21(19)13-22/h3-13,24H,14-16H2,1-2H3,(H,33,34). The lowest BCUT2D eigenvalue weighted by atomic mass is 9.69. The van der Waals surface area contributed by atoms with E-state index in [0.29, 0.717) is 11.1 Å². The number of ether oxygens (including phenoxy) is 3. The van der Waals surface area contributed by atoms with Crippen LogP contribution in [0.4, 0.5) is 0 Å². The Balaban J connectivity index is 2.18. The van der Waals surface area contributed by atoms with Crippen LogP contribution in [-0.4, -0.2) is 48.2 Å². The van der Waals surface area contributed by atoms with E-state index in [1.165, 1.54) is 0 Å². The van der Waals surface area contributed by atoms with Gasteiger partial charge in [0.15, 0.2) is 5.78 Å². The highest BCUT2D eigenvalue weighted by atomic mass is 127. The zero-order valence-corrected chi connectivity index (χ0v) is 22.8. The number of aliphatic carboxylic acids is 1. The Labute approximate surface area is 232 Å². The van der Waals surface area contributed by atoms with Gasteiger partial charge >= 0.3 is 23.9 Å². The van der Waals surface area contributed by atoms with Gasteiger partial charge in [-0.2, -0.15) is 0 Å². The number of hydrogen-bond acceptors (Lipinski definition) is 8. The third kappa shape index (κ3) is 6.74. The van der Waals surface area contributed by atoms with E-state index in [9.17, 15) is 29.1 Å². The van der Waals surface area contributed by atoms with Crippen LogP contribution in [0.2, 0.25) is 0 Å². The summed E-state index contributed by atoms with van der Waals surface area (Å²) in [6.07, 6.45) is -0.421. The molecule has 0 amide bonds.